The molecule has 0 aliphatic heterocycles. The molecule has 0 N–H and O–H groups in total. The van der Waals surface area contributed by atoms with Crippen molar-refractivity contribution in [3.8, 4) is 5.75 Å². The number of carbonyl (C=O) groups is 1. The van der Waals surface area contributed by atoms with Crippen LogP contribution in [0.3, 0.4) is 0 Å². The normalized spacial score (nSPS) is 11.8. The number of para-hydroxylation sites is 1. The van der Waals surface area contributed by atoms with Gasteiger partial charge in [0.25, 0.3) is 0 Å². The SMILES string of the molecule is CCCCCCCC(OC(=O)Oc1ccccc1CCCCCC)c1ccccc1. The summed E-state index contributed by atoms with van der Waals surface area (Å²) >= 11 is 0. The average Bonchev–Trinajstić information content (AvgIpc) is 2.77. The van der Waals surface area contributed by atoms with E-state index in [9.17, 15) is 4.79 Å². The summed E-state index contributed by atoms with van der Waals surface area (Å²) in [6, 6.07) is 17.8. The van der Waals surface area contributed by atoms with Crippen LogP contribution in [0.5, 0.6) is 5.75 Å². The summed E-state index contributed by atoms with van der Waals surface area (Å²) in [4.78, 5) is 12.6. The molecule has 0 spiro atoms. The van der Waals surface area contributed by atoms with Gasteiger partial charge in [0.2, 0.25) is 0 Å². The third-order valence-electron chi connectivity index (χ3n) is 5.45. The number of hydrogen-bond donors (Lipinski definition) is 0. The molecule has 0 saturated heterocycles. The molecule has 0 bridgehead atoms. The van der Waals surface area contributed by atoms with Crippen molar-refractivity contribution in [2.24, 2.45) is 0 Å². The Morgan fingerprint density at radius 1 is 0.767 bits per heavy atom. The smallest absolute Gasteiger partial charge is 0.426 e. The van der Waals surface area contributed by atoms with Gasteiger partial charge in [0.15, 0.2) is 0 Å². The van der Waals surface area contributed by atoms with Gasteiger partial charge < -0.3 is 9.47 Å². The standard InChI is InChI=1S/C27H38O3/c1-3-5-7-9-14-21-25(23-18-12-10-13-19-23)29-27(28)30-26-22-16-15-20-24(26)17-11-8-6-4-2/h10,12-13,15-16,18-20,22,25H,3-9,11,14,17,21H2,1-2H3. The highest BCUT2D eigenvalue weighted by Gasteiger charge is 2.19. The number of ether oxygens (including phenoxy) is 2. The molecule has 0 aliphatic carbocycles. The van der Waals surface area contributed by atoms with Gasteiger partial charge in [-0.2, -0.15) is 0 Å². The van der Waals surface area contributed by atoms with Gasteiger partial charge in [0.05, 0.1) is 0 Å². The minimum Gasteiger partial charge on any atom is -0.426 e. The summed E-state index contributed by atoms with van der Waals surface area (Å²) in [5.41, 5.74) is 2.10. The van der Waals surface area contributed by atoms with Gasteiger partial charge in [-0.15, -0.1) is 0 Å². The van der Waals surface area contributed by atoms with E-state index in [2.05, 4.69) is 13.8 Å². The molecule has 1 unspecified atom stereocenters. The quantitative estimate of drug-likeness (QED) is 0.178. The van der Waals surface area contributed by atoms with E-state index in [-0.39, 0.29) is 6.10 Å². The van der Waals surface area contributed by atoms with E-state index in [1.54, 1.807) is 0 Å². The highest BCUT2D eigenvalue weighted by molar-refractivity contribution is 5.65. The number of rotatable bonds is 14. The average molecular weight is 411 g/mol. The number of hydrogen-bond acceptors (Lipinski definition) is 3. The zero-order valence-corrected chi connectivity index (χ0v) is 18.8. The molecule has 0 fully saturated rings. The number of carbonyl (C=O) groups excluding carboxylic acids is 1. The van der Waals surface area contributed by atoms with Crippen LogP contribution in [0.2, 0.25) is 0 Å². The van der Waals surface area contributed by atoms with Gasteiger partial charge in [-0.3, -0.25) is 0 Å². The maximum absolute atomic E-state index is 12.6. The lowest BCUT2D eigenvalue weighted by molar-refractivity contribution is 0.0525. The van der Waals surface area contributed by atoms with E-state index in [0.29, 0.717) is 5.75 Å². The van der Waals surface area contributed by atoms with Crippen LogP contribution in [0, 0.1) is 0 Å². The van der Waals surface area contributed by atoms with Crippen LogP contribution in [0.4, 0.5) is 4.79 Å². The van der Waals surface area contributed by atoms with Crippen molar-refractivity contribution in [1.29, 1.82) is 0 Å². The van der Waals surface area contributed by atoms with Crippen LogP contribution in [-0.4, -0.2) is 6.16 Å². The molecule has 0 amide bonds. The monoisotopic (exact) mass is 410 g/mol. The van der Waals surface area contributed by atoms with E-state index in [0.717, 1.165) is 43.2 Å². The molecule has 3 heteroatoms. The third-order valence-corrected chi connectivity index (χ3v) is 5.45. The van der Waals surface area contributed by atoms with Crippen LogP contribution in [0.1, 0.15) is 95.3 Å². The van der Waals surface area contributed by atoms with Crippen LogP contribution in [-0.2, 0) is 11.2 Å². The van der Waals surface area contributed by atoms with E-state index < -0.39 is 6.16 Å². The Morgan fingerprint density at radius 2 is 1.40 bits per heavy atom. The summed E-state index contributed by atoms with van der Waals surface area (Å²) in [7, 11) is 0. The molecule has 2 aromatic carbocycles. The van der Waals surface area contributed by atoms with Gasteiger partial charge in [-0.25, -0.2) is 4.79 Å². The van der Waals surface area contributed by atoms with Gasteiger partial charge in [0, 0.05) is 0 Å². The summed E-state index contributed by atoms with van der Waals surface area (Å²) in [5, 5.41) is 0. The first-order valence-corrected chi connectivity index (χ1v) is 11.8. The highest BCUT2D eigenvalue weighted by atomic mass is 16.7. The molecule has 2 rings (SSSR count). The first-order valence-electron chi connectivity index (χ1n) is 11.8. The van der Waals surface area contributed by atoms with Crippen molar-refractivity contribution in [2.45, 2.75) is 90.6 Å². The molecule has 1 atom stereocenters. The van der Waals surface area contributed by atoms with Crippen molar-refractivity contribution < 1.29 is 14.3 Å². The summed E-state index contributed by atoms with van der Waals surface area (Å²) < 4.78 is 11.4. The zero-order valence-electron chi connectivity index (χ0n) is 18.8. The Hall–Kier alpha value is -2.29. The van der Waals surface area contributed by atoms with Crippen LogP contribution >= 0.6 is 0 Å². The minimum atomic E-state index is -0.613. The molecule has 0 saturated carbocycles. The third kappa shape index (κ3) is 9.02. The molecule has 0 radical (unpaired) electrons. The van der Waals surface area contributed by atoms with Crippen molar-refractivity contribution >= 4 is 6.16 Å². The lowest BCUT2D eigenvalue weighted by atomic mass is 10.0. The molecular weight excluding hydrogens is 372 g/mol. The molecule has 0 aromatic heterocycles. The largest absolute Gasteiger partial charge is 0.514 e. The lowest BCUT2D eigenvalue weighted by Gasteiger charge is -2.18. The summed E-state index contributed by atoms with van der Waals surface area (Å²) in [5.74, 6) is 0.619. The predicted molar refractivity (Wildman–Crippen MR) is 124 cm³/mol. The maximum atomic E-state index is 12.6. The summed E-state index contributed by atoms with van der Waals surface area (Å²) in [6.45, 7) is 4.42. The van der Waals surface area contributed by atoms with Crippen molar-refractivity contribution in [1.82, 2.24) is 0 Å². The summed E-state index contributed by atoms with van der Waals surface area (Å²) in [6.07, 6.45) is 11.5. The van der Waals surface area contributed by atoms with Crippen molar-refractivity contribution in [2.75, 3.05) is 0 Å². The molecule has 164 valence electrons. The predicted octanol–water partition coefficient (Wildman–Crippen LogP) is 8.43. The van der Waals surface area contributed by atoms with Gasteiger partial charge in [0.1, 0.15) is 11.9 Å². The molecular formula is C27H38O3. The molecule has 0 aliphatic rings. The molecule has 2 aromatic rings. The van der Waals surface area contributed by atoms with E-state index in [1.807, 2.05) is 54.6 Å². The first-order chi connectivity index (χ1) is 14.7. The first kappa shape index (κ1) is 24.0. The second kappa shape index (κ2) is 14.7. The zero-order chi connectivity index (χ0) is 21.4. The lowest BCUT2D eigenvalue weighted by Crippen LogP contribution is -2.16. The Kier molecular flexibility index (Phi) is 11.7. The molecule has 0 heterocycles. The highest BCUT2D eigenvalue weighted by Crippen LogP contribution is 2.27. The minimum absolute atomic E-state index is 0.267. The Bertz CT molecular complexity index is 711. The van der Waals surface area contributed by atoms with Crippen LogP contribution < -0.4 is 4.74 Å². The molecule has 3 nitrogen and oxygen atoms in total. The van der Waals surface area contributed by atoms with E-state index in [1.165, 1.54) is 38.5 Å². The fourth-order valence-corrected chi connectivity index (χ4v) is 3.68. The number of benzene rings is 2. The van der Waals surface area contributed by atoms with E-state index >= 15 is 0 Å². The Labute approximate surface area is 182 Å². The van der Waals surface area contributed by atoms with Crippen LogP contribution in [0.25, 0.3) is 0 Å². The maximum Gasteiger partial charge on any atom is 0.514 e. The van der Waals surface area contributed by atoms with Crippen molar-refractivity contribution in [3.63, 3.8) is 0 Å². The fraction of sp³-hybridized carbons (Fsp3) is 0.519. The van der Waals surface area contributed by atoms with Gasteiger partial charge in [-0.05, 0) is 42.9 Å². The van der Waals surface area contributed by atoms with Crippen LogP contribution in [0.15, 0.2) is 54.6 Å². The van der Waals surface area contributed by atoms with Crippen molar-refractivity contribution in [3.05, 3.63) is 65.7 Å². The van der Waals surface area contributed by atoms with Gasteiger partial charge in [-0.1, -0.05) is 107 Å². The Morgan fingerprint density at radius 3 is 2.13 bits per heavy atom. The van der Waals surface area contributed by atoms with E-state index in [4.69, 9.17) is 9.47 Å². The second-order valence-corrected chi connectivity index (χ2v) is 7.99. The number of aryl methyl sites for hydroxylation is 1. The fourth-order valence-electron chi connectivity index (χ4n) is 3.68. The molecule has 30 heavy (non-hydrogen) atoms. The second-order valence-electron chi connectivity index (χ2n) is 7.99. The Balaban J connectivity index is 1.95. The van der Waals surface area contributed by atoms with Gasteiger partial charge >= 0.3 is 6.16 Å². The number of unbranched alkanes of at least 4 members (excludes halogenated alkanes) is 7. The topological polar surface area (TPSA) is 35.5 Å².